The maximum atomic E-state index is 4.62. The normalized spacial score (nSPS) is 19.6. The van der Waals surface area contributed by atoms with Gasteiger partial charge in [0.2, 0.25) is 0 Å². The minimum Gasteiger partial charge on any atom is -0.351 e. The summed E-state index contributed by atoms with van der Waals surface area (Å²) in [5.41, 5.74) is 1.11. The van der Waals surface area contributed by atoms with E-state index in [2.05, 4.69) is 27.2 Å². The first kappa shape index (κ1) is 13.4. The van der Waals surface area contributed by atoms with E-state index >= 15 is 0 Å². The second-order valence-electron chi connectivity index (χ2n) is 5.46. The SMILES string of the molecule is CCCNCC1CCCCN1c1nccn2nccc12. The number of piperidine rings is 1. The smallest absolute Gasteiger partial charge is 0.154 e. The highest BCUT2D eigenvalue weighted by atomic mass is 15.3. The van der Waals surface area contributed by atoms with Crippen molar-refractivity contribution in [2.75, 3.05) is 24.5 Å². The van der Waals surface area contributed by atoms with Crippen LogP contribution < -0.4 is 10.2 Å². The first-order valence-electron chi connectivity index (χ1n) is 7.66. The lowest BCUT2D eigenvalue weighted by atomic mass is 10.0. The van der Waals surface area contributed by atoms with Crippen molar-refractivity contribution in [1.29, 1.82) is 0 Å². The van der Waals surface area contributed by atoms with E-state index in [0.29, 0.717) is 6.04 Å². The Kier molecular flexibility index (Phi) is 4.16. The molecule has 0 amide bonds. The van der Waals surface area contributed by atoms with Crippen LogP contribution in [0.25, 0.3) is 5.52 Å². The van der Waals surface area contributed by atoms with E-state index in [1.807, 2.05) is 29.2 Å². The highest BCUT2D eigenvalue weighted by molar-refractivity contribution is 5.68. The van der Waals surface area contributed by atoms with Gasteiger partial charge in [-0.25, -0.2) is 9.50 Å². The van der Waals surface area contributed by atoms with Crippen molar-refractivity contribution in [2.45, 2.75) is 38.6 Å². The van der Waals surface area contributed by atoms with Crippen molar-refractivity contribution in [2.24, 2.45) is 0 Å². The molecular weight excluding hydrogens is 250 g/mol. The fourth-order valence-electron chi connectivity index (χ4n) is 3.00. The summed E-state index contributed by atoms with van der Waals surface area (Å²) in [6.45, 7) is 5.44. The van der Waals surface area contributed by atoms with Crippen LogP contribution in [0.3, 0.4) is 0 Å². The molecule has 0 saturated carbocycles. The van der Waals surface area contributed by atoms with Gasteiger partial charge in [0.1, 0.15) is 5.52 Å². The second-order valence-corrected chi connectivity index (χ2v) is 5.46. The molecule has 0 spiro atoms. The maximum absolute atomic E-state index is 4.62. The zero-order valence-corrected chi connectivity index (χ0v) is 12.1. The van der Waals surface area contributed by atoms with Gasteiger partial charge in [0, 0.05) is 31.5 Å². The van der Waals surface area contributed by atoms with Crippen molar-refractivity contribution in [3.05, 3.63) is 24.7 Å². The topological polar surface area (TPSA) is 45.5 Å². The lowest BCUT2D eigenvalue weighted by Crippen LogP contribution is -2.46. The van der Waals surface area contributed by atoms with Crippen LogP contribution in [-0.2, 0) is 0 Å². The number of fused-ring (bicyclic) bond motifs is 1. The molecule has 3 heterocycles. The largest absolute Gasteiger partial charge is 0.351 e. The summed E-state index contributed by atoms with van der Waals surface area (Å²) in [6, 6.07) is 2.59. The summed E-state index contributed by atoms with van der Waals surface area (Å²) in [6.07, 6.45) is 10.6. The van der Waals surface area contributed by atoms with Gasteiger partial charge in [0.25, 0.3) is 0 Å². The van der Waals surface area contributed by atoms with Crippen molar-refractivity contribution >= 4 is 11.3 Å². The van der Waals surface area contributed by atoms with Gasteiger partial charge in [0.15, 0.2) is 5.82 Å². The van der Waals surface area contributed by atoms with Crippen LogP contribution in [0.2, 0.25) is 0 Å². The molecule has 1 N–H and O–H groups in total. The number of nitrogens with zero attached hydrogens (tertiary/aromatic N) is 4. The van der Waals surface area contributed by atoms with Crippen LogP contribution in [0.4, 0.5) is 5.82 Å². The van der Waals surface area contributed by atoms with Crippen molar-refractivity contribution < 1.29 is 0 Å². The summed E-state index contributed by atoms with van der Waals surface area (Å²) < 4.78 is 1.91. The Hall–Kier alpha value is -1.62. The number of rotatable bonds is 5. The van der Waals surface area contributed by atoms with Gasteiger partial charge >= 0.3 is 0 Å². The predicted molar refractivity (Wildman–Crippen MR) is 81.1 cm³/mol. The van der Waals surface area contributed by atoms with Crippen molar-refractivity contribution in [3.8, 4) is 0 Å². The molecular formula is C15H23N5. The summed E-state index contributed by atoms with van der Waals surface area (Å²) in [5, 5.41) is 7.86. The van der Waals surface area contributed by atoms with E-state index in [1.165, 1.54) is 25.7 Å². The van der Waals surface area contributed by atoms with E-state index in [-0.39, 0.29) is 0 Å². The Labute approximate surface area is 120 Å². The van der Waals surface area contributed by atoms with E-state index < -0.39 is 0 Å². The number of hydrogen-bond donors (Lipinski definition) is 1. The quantitative estimate of drug-likeness (QED) is 0.847. The van der Waals surface area contributed by atoms with Crippen molar-refractivity contribution in [3.63, 3.8) is 0 Å². The molecule has 0 bridgehead atoms. The van der Waals surface area contributed by atoms with Crippen LogP contribution in [0, 0.1) is 0 Å². The minimum atomic E-state index is 0.545. The summed E-state index contributed by atoms with van der Waals surface area (Å²) in [7, 11) is 0. The molecule has 1 unspecified atom stereocenters. The van der Waals surface area contributed by atoms with E-state index in [9.17, 15) is 0 Å². The number of anilines is 1. The maximum Gasteiger partial charge on any atom is 0.154 e. The molecule has 5 nitrogen and oxygen atoms in total. The predicted octanol–water partition coefficient (Wildman–Crippen LogP) is 2.09. The molecule has 0 aliphatic carbocycles. The van der Waals surface area contributed by atoms with Crippen LogP contribution in [0.15, 0.2) is 24.7 Å². The Morgan fingerprint density at radius 2 is 2.30 bits per heavy atom. The molecule has 108 valence electrons. The standard InChI is InChI=1S/C15H23N5/c1-2-7-16-12-13-5-3-4-10-19(13)15-14-6-8-18-20(14)11-9-17-15/h6,8-9,11,13,16H,2-5,7,10,12H2,1H3. The summed E-state index contributed by atoms with van der Waals surface area (Å²) in [5.74, 6) is 1.08. The molecule has 1 atom stereocenters. The van der Waals surface area contributed by atoms with Crippen LogP contribution in [-0.4, -0.2) is 40.3 Å². The lowest BCUT2D eigenvalue weighted by Gasteiger charge is -2.37. The average Bonchev–Trinajstić information content (AvgIpc) is 2.96. The molecule has 1 aliphatic heterocycles. The molecule has 0 radical (unpaired) electrons. The molecule has 20 heavy (non-hydrogen) atoms. The Bertz CT molecular complexity index is 550. The highest BCUT2D eigenvalue weighted by Crippen LogP contribution is 2.26. The Morgan fingerprint density at radius 3 is 3.20 bits per heavy atom. The fraction of sp³-hybridized carbons (Fsp3) is 0.600. The molecule has 2 aromatic rings. The summed E-state index contributed by atoms with van der Waals surface area (Å²) in [4.78, 5) is 7.08. The fourth-order valence-corrected chi connectivity index (χ4v) is 3.00. The van der Waals surface area contributed by atoms with Crippen LogP contribution >= 0.6 is 0 Å². The Balaban J connectivity index is 1.83. The van der Waals surface area contributed by atoms with Gasteiger partial charge in [-0.15, -0.1) is 0 Å². The van der Waals surface area contributed by atoms with E-state index in [4.69, 9.17) is 0 Å². The molecule has 5 heteroatoms. The third kappa shape index (κ3) is 2.63. The molecule has 2 aromatic heterocycles. The number of hydrogen-bond acceptors (Lipinski definition) is 4. The van der Waals surface area contributed by atoms with Gasteiger partial charge < -0.3 is 10.2 Å². The first-order chi connectivity index (χ1) is 9.90. The number of nitrogens with one attached hydrogen (secondary N) is 1. The van der Waals surface area contributed by atoms with E-state index in [1.54, 1.807) is 0 Å². The average molecular weight is 273 g/mol. The van der Waals surface area contributed by atoms with Gasteiger partial charge in [-0.05, 0) is 38.3 Å². The molecule has 3 rings (SSSR count). The highest BCUT2D eigenvalue weighted by Gasteiger charge is 2.24. The molecule has 1 aliphatic rings. The molecule has 0 aromatic carbocycles. The zero-order chi connectivity index (χ0) is 13.8. The van der Waals surface area contributed by atoms with Gasteiger partial charge in [0.05, 0.1) is 6.20 Å². The van der Waals surface area contributed by atoms with Crippen LogP contribution in [0.1, 0.15) is 32.6 Å². The number of aromatic nitrogens is 3. The Morgan fingerprint density at radius 1 is 1.35 bits per heavy atom. The van der Waals surface area contributed by atoms with Gasteiger partial charge in [-0.3, -0.25) is 0 Å². The molecule has 1 fully saturated rings. The molecule has 1 saturated heterocycles. The second kappa shape index (κ2) is 6.22. The van der Waals surface area contributed by atoms with Crippen molar-refractivity contribution in [1.82, 2.24) is 19.9 Å². The lowest BCUT2D eigenvalue weighted by molar-refractivity contribution is 0.433. The van der Waals surface area contributed by atoms with Gasteiger partial charge in [-0.2, -0.15) is 5.10 Å². The minimum absolute atomic E-state index is 0.545. The van der Waals surface area contributed by atoms with Crippen LogP contribution in [0.5, 0.6) is 0 Å². The monoisotopic (exact) mass is 273 g/mol. The summed E-state index contributed by atoms with van der Waals surface area (Å²) >= 11 is 0. The third-order valence-corrected chi connectivity index (χ3v) is 4.01. The van der Waals surface area contributed by atoms with E-state index in [0.717, 1.165) is 31.0 Å². The third-order valence-electron chi connectivity index (χ3n) is 4.01. The first-order valence-corrected chi connectivity index (χ1v) is 7.66. The van der Waals surface area contributed by atoms with Gasteiger partial charge in [-0.1, -0.05) is 6.92 Å². The zero-order valence-electron chi connectivity index (χ0n) is 12.1.